The molecule has 0 amide bonds. The minimum atomic E-state index is 0.135. The average molecular weight is 287 g/mol. The van der Waals surface area contributed by atoms with Crippen molar-refractivity contribution in [3.05, 3.63) is 35.7 Å². The Hall–Kier alpha value is -2.59. The Morgan fingerprint density at radius 3 is 3.05 bits per heavy atom. The number of methoxy groups -OCH3 is 1. The molecule has 0 saturated heterocycles. The molecular weight excluding hydrogens is 270 g/mol. The van der Waals surface area contributed by atoms with Gasteiger partial charge in [0, 0.05) is 19.2 Å². The van der Waals surface area contributed by atoms with Gasteiger partial charge in [0.1, 0.15) is 11.4 Å². The van der Waals surface area contributed by atoms with Crippen LogP contribution in [0.25, 0.3) is 0 Å². The van der Waals surface area contributed by atoms with Crippen molar-refractivity contribution in [1.82, 2.24) is 15.0 Å². The zero-order chi connectivity index (χ0) is 15.1. The molecule has 7 heteroatoms. The molecule has 0 aliphatic rings. The second-order valence-corrected chi connectivity index (χ2v) is 4.43. The molecule has 0 unspecified atom stereocenters. The number of nitriles is 1. The summed E-state index contributed by atoms with van der Waals surface area (Å²) in [5.41, 5.74) is 2.13. The van der Waals surface area contributed by atoms with Gasteiger partial charge >= 0.3 is 0 Å². The summed E-state index contributed by atoms with van der Waals surface area (Å²) in [5, 5.41) is 28.9. The molecule has 0 saturated carbocycles. The fourth-order valence-corrected chi connectivity index (χ4v) is 1.85. The van der Waals surface area contributed by atoms with E-state index >= 15 is 0 Å². The van der Waals surface area contributed by atoms with E-state index in [-0.39, 0.29) is 6.61 Å². The Kier molecular flexibility index (Phi) is 5.12. The summed E-state index contributed by atoms with van der Waals surface area (Å²) in [6.07, 6.45) is 2.48. The molecule has 0 spiro atoms. The second-order valence-electron chi connectivity index (χ2n) is 4.43. The third-order valence-corrected chi connectivity index (χ3v) is 2.92. The number of nitrogens with one attached hydrogen (secondary N) is 1. The van der Waals surface area contributed by atoms with Crippen LogP contribution in [0.3, 0.4) is 0 Å². The lowest BCUT2D eigenvalue weighted by molar-refractivity contribution is 0.276. The first-order valence-electron chi connectivity index (χ1n) is 6.58. The highest BCUT2D eigenvalue weighted by Crippen LogP contribution is 2.25. The number of rotatable bonds is 7. The fraction of sp³-hybridized carbons (Fsp3) is 0.357. The summed E-state index contributed by atoms with van der Waals surface area (Å²) in [6.45, 7) is 1.28. The Bertz CT molecular complexity index is 633. The van der Waals surface area contributed by atoms with E-state index in [0.717, 1.165) is 11.4 Å². The molecule has 0 bridgehead atoms. The highest BCUT2D eigenvalue weighted by molar-refractivity contribution is 5.59. The first-order chi connectivity index (χ1) is 10.3. The molecule has 0 aliphatic carbocycles. The lowest BCUT2D eigenvalue weighted by atomic mass is 10.2. The minimum Gasteiger partial charge on any atom is -0.495 e. The van der Waals surface area contributed by atoms with Crippen LogP contribution in [-0.2, 0) is 13.1 Å². The predicted octanol–water partition coefficient (Wildman–Crippen LogP) is 1.15. The van der Waals surface area contributed by atoms with Crippen LogP contribution in [0.2, 0.25) is 0 Å². The Balaban J connectivity index is 1.99. The van der Waals surface area contributed by atoms with Crippen LogP contribution in [0.15, 0.2) is 24.4 Å². The van der Waals surface area contributed by atoms with Gasteiger partial charge in [0.15, 0.2) is 0 Å². The van der Waals surface area contributed by atoms with Crippen molar-refractivity contribution < 1.29 is 9.84 Å². The summed E-state index contributed by atoms with van der Waals surface area (Å²) >= 11 is 0. The first kappa shape index (κ1) is 14.8. The summed E-state index contributed by atoms with van der Waals surface area (Å²) < 4.78 is 6.95. The quantitative estimate of drug-likeness (QED) is 0.793. The number of aliphatic hydroxyl groups is 1. The summed E-state index contributed by atoms with van der Waals surface area (Å²) in [7, 11) is 1.56. The van der Waals surface area contributed by atoms with Gasteiger partial charge in [-0.05, 0) is 18.6 Å². The van der Waals surface area contributed by atoms with Gasteiger partial charge in [0.2, 0.25) is 0 Å². The molecule has 0 fully saturated rings. The van der Waals surface area contributed by atoms with E-state index in [1.165, 1.54) is 0 Å². The maximum atomic E-state index is 8.87. The SMILES string of the molecule is COc1cc(C#N)ccc1NCc1cn(CCCO)nn1. The molecule has 2 aromatic rings. The van der Waals surface area contributed by atoms with Crippen molar-refractivity contribution >= 4 is 5.69 Å². The Morgan fingerprint density at radius 2 is 2.33 bits per heavy atom. The van der Waals surface area contributed by atoms with Gasteiger partial charge in [0.25, 0.3) is 0 Å². The Morgan fingerprint density at radius 1 is 1.48 bits per heavy atom. The molecule has 2 rings (SSSR count). The number of ether oxygens (including phenoxy) is 1. The molecule has 0 aliphatic heterocycles. The zero-order valence-electron chi connectivity index (χ0n) is 11.8. The zero-order valence-corrected chi connectivity index (χ0v) is 11.8. The maximum absolute atomic E-state index is 8.87. The predicted molar refractivity (Wildman–Crippen MR) is 76.8 cm³/mol. The molecule has 7 nitrogen and oxygen atoms in total. The maximum Gasteiger partial charge on any atom is 0.143 e. The first-order valence-corrected chi connectivity index (χ1v) is 6.58. The smallest absolute Gasteiger partial charge is 0.143 e. The molecule has 2 N–H and O–H groups in total. The van der Waals surface area contributed by atoms with Crippen molar-refractivity contribution in [2.45, 2.75) is 19.5 Å². The molecule has 1 aromatic heterocycles. The lowest BCUT2D eigenvalue weighted by Gasteiger charge is -2.10. The average Bonchev–Trinajstić information content (AvgIpc) is 2.98. The second kappa shape index (κ2) is 7.26. The van der Waals surface area contributed by atoms with Crippen LogP contribution in [0.5, 0.6) is 5.75 Å². The monoisotopic (exact) mass is 287 g/mol. The summed E-state index contributed by atoms with van der Waals surface area (Å²) in [4.78, 5) is 0. The van der Waals surface area contributed by atoms with Gasteiger partial charge < -0.3 is 15.2 Å². The minimum absolute atomic E-state index is 0.135. The standard InChI is InChI=1S/C14H17N5O2/c1-21-14-7-11(8-15)3-4-13(14)16-9-12-10-19(18-17-12)5-2-6-20/h3-4,7,10,16,20H,2,5-6,9H2,1H3. The number of anilines is 1. The largest absolute Gasteiger partial charge is 0.495 e. The number of aryl methyl sites for hydroxylation is 1. The summed E-state index contributed by atoms with van der Waals surface area (Å²) in [5.74, 6) is 0.613. The van der Waals surface area contributed by atoms with Gasteiger partial charge in [-0.1, -0.05) is 5.21 Å². The van der Waals surface area contributed by atoms with E-state index in [1.807, 2.05) is 6.20 Å². The van der Waals surface area contributed by atoms with Crippen molar-refractivity contribution in [2.75, 3.05) is 19.0 Å². The number of nitrogens with zero attached hydrogens (tertiary/aromatic N) is 4. The van der Waals surface area contributed by atoms with Crippen LogP contribution < -0.4 is 10.1 Å². The fourth-order valence-electron chi connectivity index (χ4n) is 1.85. The highest BCUT2D eigenvalue weighted by Gasteiger charge is 2.06. The van der Waals surface area contributed by atoms with Crippen LogP contribution in [-0.4, -0.2) is 33.8 Å². The van der Waals surface area contributed by atoms with E-state index in [2.05, 4.69) is 21.7 Å². The van der Waals surface area contributed by atoms with E-state index in [9.17, 15) is 0 Å². The normalized spacial score (nSPS) is 10.1. The summed E-state index contributed by atoms with van der Waals surface area (Å²) in [6, 6.07) is 7.28. The Labute approximate surface area is 122 Å². The van der Waals surface area contributed by atoms with Crippen molar-refractivity contribution in [1.29, 1.82) is 5.26 Å². The van der Waals surface area contributed by atoms with Crippen molar-refractivity contribution in [3.8, 4) is 11.8 Å². The van der Waals surface area contributed by atoms with Gasteiger partial charge in [-0.25, -0.2) is 0 Å². The molecule has 1 aromatic carbocycles. The number of aliphatic hydroxyl groups excluding tert-OH is 1. The third kappa shape index (κ3) is 3.94. The van der Waals surface area contributed by atoms with E-state index in [1.54, 1.807) is 30.0 Å². The van der Waals surface area contributed by atoms with E-state index in [4.69, 9.17) is 15.1 Å². The van der Waals surface area contributed by atoms with Crippen molar-refractivity contribution in [3.63, 3.8) is 0 Å². The van der Waals surface area contributed by atoms with Crippen molar-refractivity contribution in [2.24, 2.45) is 0 Å². The van der Waals surface area contributed by atoms with Gasteiger partial charge in [-0.2, -0.15) is 5.26 Å². The van der Waals surface area contributed by atoms with Gasteiger partial charge in [-0.15, -0.1) is 5.10 Å². The molecule has 0 atom stereocenters. The third-order valence-electron chi connectivity index (χ3n) is 2.92. The number of benzene rings is 1. The van der Waals surface area contributed by atoms with Crippen LogP contribution in [0, 0.1) is 11.3 Å². The van der Waals surface area contributed by atoms with E-state index < -0.39 is 0 Å². The number of hydrogen-bond donors (Lipinski definition) is 2. The van der Waals surface area contributed by atoms with Gasteiger partial charge in [-0.3, -0.25) is 4.68 Å². The molecule has 1 heterocycles. The van der Waals surface area contributed by atoms with Crippen LogP contribution in [0.4, 0.5) is 5.69 Å². The highest BCUT2D eigenvalue weighted by atomic mass is 16.5. The molecule has 0 radical (unpaired) electrons. The topological polar surface area (TPSA) is 96.0 Å². The van der Waals surface area contributed by atoms with Gasteiger partial charge in [0.05, 0.1) is 37.2 Å². The number of hydrogen-bond acceptors (Lipinski definition) is 6. The van der Waals surface area contributed by atoms with Crippen LogP contribution >= 0.6 is 0 Å². The van der Waals surface area contributed by atoms with Crippen LogP contribution in [0.1, 0.15) is 17.7 Å². The lowest BCUT2D eigenvalue weighted by Crippen LogP contribution is -2.02. The molecule has 110 valence electrons. The molecule has 21 heavy (non-hydrogen) atoms. The van der Waals surface area contributed by atoms with E-state index in [0.29, 0.717) is 30.8 Å². The molecular formula is C14H17N5O2. The number of aromatic nitrogens is 3.